The van der Waals surface area contributed by atoms with Crippen molar-refractivity contribution >= 4 is 11.8 Å². The van der Waals surface area contributed by atoms with Crippen molar-refractivity contribution in [1.82, 2.24) is 15.1 Å². The maximum absolute atomic E-state index is 12.4. The zero-order valence-electron chi connectivity index (χ0n) is 15.7. The molecule has 0 radical (unpaired) electrons. The van der Waals surface area contributed by atoms with Gasteiger partial charge in [-0.25, -0.2) is 0 Å². The molecular formula is C20H31N3O2. The lowest BCUT2D eigenvalue weighted by Gasteiger charge is -2.34. The van der Waals surface area contributed by atoms with E-state index in [2.05, 4.69) is 31.0 Å². The maximum atomic E-state index is 12.4. The third-order valence-electron chi connectivity index (χ3n) is 4.63. The van der Waals surface area contributed by atoms with Crippen LogP contribution in [-0.2, 0) is 4.79 Å². The van der Waals surface area contributed by atoms with Crippen molar-refractivity contribution in [2.75, 3.05) is 32.7 Å². The molecule has 1 aromatic carbocycles. The van der Waals surface area contributed by atoms with Crippen molar-refractivity contribution in [3.63, 3.8) is 0 Å². The summed E-state index contributed by atoms with van der Waals surface area (Å²) in [4.78, 5) is 28.6. The lowest BCUT2D eigenvalue weighted by atomic mass is 10.0. The average molecular weight is 345 g/mol. The zero-order chi connectivity index (χ0) is 18.2. The van der Waals surface area contributed by atoms with Crippen LogP contribution in [0.2, 0.25) is 0 Å². The lowest BCUT2D eigenvalue weighted by molar-refractivity contribution is -0.123. The van der Waals surface area contributed by atoms with Gasteiger partial charge in [-0.15, -0.1) is 0 Å². The van der Waals surface area contributed by atoms with Crippen molar-refractivity contribution in [3.8, 4) is 0 Å². The molecule has 1 N–H and O–H groups in total. The van der Waals surface area contributed by atoms with Crippen LogP contribution < -0.4 is 5.32 Å². The van der Waals surface area contributed by atoms with Gasteiger partial charge in [0, 0.05) is 37.8 Å². The van der Waals surface area contributed by atoms with Crippen LogP contribution in [0.25, 0.3) is 0 Å². The Hall–Kier alpha value is -1.88. The fourth-order valence-electron chi connectivity index (χ4n) is 3.05. The number of nitrogens with zero attached hydrogens (tertiary/aromatic N) is 2. The molecule has 0 unspecified atom stereocenters. The van der Waals surface area contributed by atoms with Gasteiger partial charge in [0.05, 0.1) is 6.54 Å². The molecule has 1 saturated heterocycles. The van der Waals surface area contributed by atoms with Crippen LogP contribution in [0.15, 0.2) is 30.3 Å². The highest BCUT2D eigenvalue weighted by Crippen LogP contribution is 2.09. The van der Waals surface area contributed by atoms with E-state index in [0.717, 1.165) is 31.5 Å². The molecule has 5 heteroatoms. The standard InChI is InChI=1S/C20H31N3O2/c1-16(2)9-10-17(3)21-19(24)15-22-11-13-23(14-12-22)20(25)18-7-5-4-6-8-18/h4-8,16-17H,9-15H2,1-3H3,(H,21,24)/t17-/m1/s1. The van der Waals surface area contributed by atoms with Gasteiger partial charge in [0.1, 0.15) is 0 Å². The minimum Gasteiger partial charge on any atom is -0.353 e. The second-order valence-corrected chi connectivity index (χ2v) is 7.37. The first kappa shape index (κ1) is 19.4. The minimum absolute atomic E-state index is 0.0759. The summed E-state index contributed by atoms with van der Waals surface area (Å²) in [6.07, 6.45) is 2.14. The van der Waals surface area contributed by atoms with Crippen molar-refractivity contribution in [1.29, 1.82) is 0 Å². The fourth-order valence-corrected chi connectivity index (χ4v) is 3.05. The normalized spacial score (nSPS) is 16.7. The van der Waals surface area contributed by atoms with Crippen molar-refractivity contribution in [2.24, 2.45) is 5.92 Å². The van der Waals surface area contributed by atoms with Gasteiger partial charge in [0.2, 0.25) is 5.91 Å². The second kappa shape index (κ2) is 9.56. The second-order valence-electron chi connectivity index (χ2n) is 7.37. The number of hydrogen-bond donors (Lipinski definition) is 1. The van der Waals surface area contributed by atoms with Crippen molar-refractivity contribution in [2.45, 2.75) is 39.7 Å². The molecule has 1 fully saturated rings. The number of amides is 2. The summed E-state index contributed by atoms with van der Waals surface area (Å²) in [6, 6.07) is 9.59. The Bertz CT molecular complexity index is 551. The highest BCUT2D eigenvalue weighted by Gasteiger charge is 2.23. The summed E-state index contributed by atoms with van der Waals surface area (Å²) < 4.78 is 0. The Labute approximate surface area is 151 Å². The number of rotatable bonds is 7. The molecular weight excluding hydrogens is 314 g/mol. The first-order valence-corrected chi connectivity index (χ1v) is 9.31. The molecule has 25 heavy (non-hydrogen) atoms. The van der Waals surface area contributed by atoms with E-state index >= 15 is 0 Å². The highest BCUT2D eigenvalue weighted by atomic mass is 16.2. The van der Waals surface area contributed by atoms with Gasteiger partial charge in [0.15, 0.2) is 0 Å². The van der Waals surface area contributed by atoms with Crippen LogP contribution in [0.1, 0.15) is 44.0 Å². The van der Waals surface area contributed by atoms with Crippen LogP contribution in [0, 0.1) is 5.92 Å². The van der Waals surface area contributed by atoms with Gasteiger partial charge in [-0.1, -0.05) is 32.0 Å². The van der Waals surface area contributed by atoms with Crippen molar-refractivity contribution in [3.05, 3.63) is 35.9 Å². The first-order chi connectivity index (χ1) is 12.0. The van der Waals surface area contributed by atoms with E-state index in [4.69, 9.17) is 0 Å². The van der Waals surface area contributed by atoms with Gasteiger partial charge in [0.25, 0.3) is 5.91 Å². The van der Waals surface area contributed by atoms with Crippen LogP contribution in [0.5, 0.6) is 0 Å². The maximum Gasteiger partial charge on any atom is 0.253 e. The molecule has 1 atom stereocenters. The topological polar surface area (TPSA) is 52.7 Å². The fraction of sp³-hybridized carbons (Fsp3) is 0.600. The third-order valence-corrected chi connectivity index (χ3v) is 4.63. The molecule has 1 aliphatic rings. The van der Waals surface area contributed by atoms with Crippen LogP contribution in [-0.4, -0.2) is 60.4 Å². The van der Waals surface area contributed by atoms with E-state index in [1.165, 1.54) is 0 Å². The molecule has 2 rings (SSSR count). The number of nitrogens with one attached hydrogen (secondary N) is 1. The highest BCUT2D eigenvalue weighted by molar-refractivity contribution is 5.94. The minimum atomic E-state index is 0.0759. The Morgan fingerprint density at radius 2 is 1.64 bits per heavy atom. The molecule has 0 aromatic heterocycles. The Balaban J connectivity index is 1.71. The Kier molecular flexibility index (Phi) is 7.44. The molecule has 2 amide bonds. The third kappa shape index (κ3) is 6.50. The quantitative estimate of drug-likeness (QED) is 0.825. The van der Waals surface area contributed by atoms with Crippen molar-refractivity contribution < 1.29 is 9.59 Å². The van der Waals surface area contributed by atoms with Gasteiger partial charge < -0.3 is 10.2 Å². The molecule has 138 valence electrons. The number of piperazine rings is 1. The number of benzene rings is 1. The van der Waals surface area contributed by atoms with E-state index < -0.39 is 0 Å². The van der Waals surface area contributed by atoms with E-state index in [1.54, 1.807) is 0 Å². The molecule has 1 heterocycles. The first-order valence-electron chi connectivity index (χ1n) is 9.31. The summed E-state index contributed by atoms with van der Waals surface area (Å²) >= 11 is 0. The molecule has 0 spiro atoms. The summed E-state index contributed by atoms with van der Waals surface area (Å²) in [7, 11) is 0. The van der Waals surface area contributed by atoms with E-state index in [9.17, 15) is 9.59 Å². The number of carbonyl (C=O) groups excluding carboxylic acids is 2. The Morgan fingerprint density at radius 1 is 1.00 bits per heavy atom. The largest absolute Gasteiger partial charge is 0.353 e. The monoisotopic (exact) mass is 345 g/mol. The van der Waals surface area contributed by atoms with E-state index in [-0.39, 0.29) is 17.9 Å². The number of hydrogen-bond acceptors (Lipinski definition) is 3. The smallest absolute Gasteiger partial charge is 0.253 e. The van der Waals surface area contributed by atoms with Gasteiger partial charge in [-0.2, -0.15) is 0 Å². The SMILES string of the molecule is CC(C)CC[C@@H](C)NC(=O)CN1CCN(C(=O)c2ccccc2)CC1. The van der Waals surface area contributed by atoms with Crippen LogP contribution in [0.4, 0.5) is 0 Å². The summed E-state index contributed by atoms with van der Waals surface area (Å²) in [5.41, 5.74) is 0.729. The Morgan fingerprint density at radius 3 is 2.24 bits per heavy atom. The van der Waals surface area contributed by atoms with E-state index in [0.29, 0.717) is 25.6 Å². The van der Waals surface area contributed by atoms with Crippen LogP contribution >= 0.6 is 0 Å². The summed E-state index contributed by atoms with van der Waals surface area (Å²) in [5, 5.41) is 3.08. The molecule has 1 aliphatic heterocycles. The van der Waals surface area contributed by atoms with Gasteiger partial charge in [-0.05, 0) is 37.8 Å². The molecule has 1 aromatic rings. The van der Waals surface area contributed by atoms with Crippen LogP contribution in [0.3, 0.4) is 0 Å². The zero-order valence-corrected chi connectivity index (χ0v) is 15.7. The van der Waals surface area contributed by atoms with Gasteiger partial charge in [-0.3, -0.25) is 14.5 Å². The predicted molar refractivity (Wildman–Crippen MR) is 100 cm³/mol. The average Bonchev–Trinajstić information content (AvgIpc) is 2.60. The van der Waals surface area contributed by atoms with E-state index in [1.807, 2.05) is 35.2 Å². The van der Waals surface area contributed by atoms with Gasteiger partial charge >= 0.3 is 0 Å². The molecule has 0 aliphatic carbocycles. The molecule has 0 saturated carbocycles. The molecule has 5 nitrogen and oxygen atoms in total. The molecule has 0 bridgehead atoms. The lowest BCUT2D eigenvalue weighted by Crippen LogP contribution is -2.51. The summed E-state index contributed by atoms with van der Waals surface area (Å²) in [5.74, 6) is 0.820. The number of carbonyl (C=O) groups is 2. The summed E-state index contributed by atoms with van der Waals surface area (Å²) in [6.45, 7) is 9.71. The predicted octanol–water partition coefficient (Wildman–Crippen LogP) is 2.39.